The highest BCUT2D eigenvalue weighted by atomic mass is 32.1. The zero-order valence-electron chi connectivity index (χ0n) is 17.1. The second kappa shape index (κ2) is 7.27. The molecule has 0 bridgehead atoms. The summed E-state index contributed by atoms with van der Waals surface area (Å²) < 4.78 is 10.9. The van der Waals surface area contributed by atoms with Gasteiger partial charge in [0.2, 0.25) is 12.7 Å². The summed E-state index contributed by atoms with van der Waals surface area (Å²) >= 11 is 1.46. The molecular weight excluding hydrogens is 410 g/mol. The summed E-state index contributed by atoms with van der Waals surface area (Å²) in [7, 11) is 0. The number of hydrogen-bond acceptors (Lipinski definition) is 6. The van der Waals surface area contributed by atoms with Crippen LogP contribution in [0.4, 0.5) is 10.8 Å². The van der Waals surface area contributed by atoms with Crippen LogP contribution < -0.4 is 19.7 Å². The van der Waals surface area contributed by atoms with Crippen LogP contribution in [0, 0.1) is 0 Å². The molecule has 1 saturated heterocycles. The number of anilines is 2. The van der Waals surface area contributed by atoms with Crippen molar-refractivity contribution >= 4 is 28.1 Å². The highest BCUT2D eigenvalue weighted by Gasteiger charge is 2.52. The van der Waals surface area contributed by atoms with Crippen LogP contribution in [0.15, 0.2) is 47.8 Å². The third kappa shape index (κ3) is 3.33. The van der Waals surface area contributed by atoms with E-state index in [1.807, 2.05) is 23.6 Å². The SMILES string of the molecule is O=C(Nc1nc(-c2ccc(N3CCCC3)cc2)cs1)C1(c2ccc3c(c2)OCO3)CC1. The molecule has 3 aromatic rings. The molecule has 1 saturated carbocycles. The molecule has 7 heteroatoms. The van der Waals surface area contributed by atoms with Crippen molar-refractivity contribution < 1.29 is 14.3 Å². The average Bonchev–Trinajstić information content (AvgIpc) is 3.20. The fraction of sp³-hybridized carbons (Fsp3) is 0.333. The van der Waals surface area contributed by atoms with Crippen LogP contribution in [0.5, 0.6) is 11.5 Å². The number of hydrogen-bond donors (Lipinski definition) is 1. The van der Waals surface area contributed by atoms with Gasteiger partial charge in [0.1, 0.15) is 0 Å². The maximum Gasteiger partial charge on any atom is 0.236 e. The molecule has 2 fully saturated rings. The number of fused-ring (bicyclic) bond motifs is 1. The molecule has 2 aliphatic heterocycles. The van der Waals surface area contributed by atoms with Crippen molar-refractivity contribution in [2.75, 3.05) is 30.1 Å². The smallest absolute Gasteiger partial charge is 0.236 e. The molecule has 6 rings (SSSR count). The molecule has 6 nitrogen and oxygen atoms in total. The fourth-order valence-electron chi connectivity index (χ4n) is 4.46. The van der Waals surface area contributed by atoms with Crippen molar-refractivity contribution in [1.29, 1.82) is 0 Å². The number of amides is 1. The summed E-state index contributed by atoms with van der Waals surface area (Å²) in [5.74, 6) is 1.45. The van der Waals surface area contributed by atoms with Gasteiger partial charge in [-0.15, -0.1) is 11.3 Å². The van der Waals surface area contributed by atoms with Gasteiger partial charge in [-0.05, 0) is 55.5 Å². The standard InChI is InChI=1S/C24H23N3O3S/c28-22(24(9-10-24)17-5-8-20-21(13-17)30-15-29-20)26-23-25-19(14-31-23)16-3-6-18(7-4-16)27-11-1-2-12-27/h3-8,13-14H,1-2,9-12,15H2,(H,25,26,28). The molecule has 3 aliphatic rings. The van der Waals surface area contributed by atoms with Gasteiger partial charge in [-0.2, -0.15) is 0 Å². The number of aromatic nitrogens is 1. The Bertz CT molecular complexity index is 1130. The normalized spacial score (nSPS) is 18.3. The Kier molecular flexibility index (Phi) is 4.38. The first-order chi connectivity index (χ1) is 15.2. The number of ether oxygens (including phenoxy) is 2. The number of benzene rings is 2. The molecule has 31 heavy (non-hydrogen) atoms. The van der Waals surface area contributed by atoms with Crippen LogP contribution >= 0.6 is 11.3 Å². The number of carbonyl (C=O) groups excluding carboxylic acids is 1. The van der Waals surface area contributed by atoms with Gasteiger partial charge in [0, 0.05) is 29.7 Å². The van der Waals surface area contributed by atoms with Crippen LogP contribution in [0.25, 0.3) is 11.3 Å². The minimum absolute atomic E-state index is 0.00310. The van der Waals surface area contributed by atoms with Crippen LogP contribution in [-0.2, 0) is 10.2 Å². The van der Waals surface area contributed by atoms with Gasteiger partial charge in [-0.1, -0.05) is 18.2 Å². The second-order valence-corrected chi connectivity index (χ2v) is 9.24. The van der Waals surface area contributed by atoms with Crippen LogP contribution in [0.1, 0.15) is 31.2 Å². The van der Waals surface area contributed by atoms with Gasteiger partial charge >= 0.3 is 0 Å². The first kappa shape index (κ1) is 18.7. The van der Waals surface area contributed by atoms with E-state index in [1.165, 1.54) is 29.9 Å². The zero-order chi connectivity index (χ0) is 20.8. The van der Waals surface area contributed by atoms with E-state index >= 15 is 0 Å². The van der Waals surface area contributed by atoms with E-state index in [0.29, 0.717) is 10.9 Å². The van der Waals surface area contributed by atoms with Gasteiger partial charge in [0.15, 0.2) is 16.6 Å². The van der Waals surface area contributed by atoms with E-state index in [1.54, 1.807) is 0 Å². The van der Waals surface area contributed by atoms with Gasteiger partial charge in [-0.25, -0.2) is 4.98 Å². The lowest BCUT2D eigenvalue weighted by molar-refractivity contribution is -0.118. The molecule has 1 amide bonds. The predicted octanol–water partition coefficient (Wildman–Crippen LogP) is 4.81. The van der Waals surface area contributed by atoms with E-state index in [0.717, 1.165) is 48.5 Å². The molecule has 2 aromatic carbocycles. The second-order valence-electron chi connectivity index (χ2n) is 8.38. The highest BCUT2D eigenvalue weighted by molar-refractivity contribution is 7.14. The first-order valence-electron chi connectivity index (χ1n) is 10.7. The number of thiazole rings is 1. The van der Waals surface area contributed by atoms with Crippen molar-refractivity contribution in [2.24, 2.45) is 0 Å². The van der Waals surface area contributed by atoms with Crippen molar-refractivity contribution in [3.8, 4) is 22.8 Å². The lowest BCUT2D eigenvalue weighted by Gasteiger charge is -2.17. The van der Waals surface area contributed by atoms with Crippen LogP contribution in [0.3, 0.4) is 0 Å². The molecule has 1 N–H and O–H groups in total. The first-order valence-corrected chi connectivity index (χ1v) is 11.6. The molecule has 3 heterocycles. The van der Waals surface area contributed by atoms with Gasteiger partial charge in [-0.3, -0.25) is 4.79 Å². The van der Waals surface area contributed by atoms with E-state index in [9.17, 15) is 4.79 Å². The summed E-state index contributed by atoms with van der Waals surface area (Å²) in [5.41, 5.74) is 3.70. The minimum atomic E-state index is -0.496. The van der Waals surface area contributed by atoms with Gasteiger partial charge in [0.05, 0.1) is 11.1 Å². The molecular formula is C24H23N3O3S. The average molecular weight is 434 g/mol. The van der Waals surface area contributed by atoms with Crippen LogP contribution in [0.2, 0.25) is 0 Å². The minimum Gasteiger partial charge on any atom is -0.454 e. The van der Waals surface area contributed by atoms with E-state index in [4.69, 9.17) is 9.47 Å². The zero-order valence-corrected chi connectivity index (χ0v) is 17.9. The maximum absolute atomic E-state index is 13.1. The Labute approximate surface area is 184 Å². The Balaban J connectivity index is 1.17. The molecule has 0 atom stereocenters. The van der Waals surface area contributed by atoms with E-state index in [-0.39, 0.29) is 12.7 Å². The number of carbonyl (C=O) groups is 1. The highest BCUT2D eigenvalue weighted by Crippen LogP contribution is 2.51. The van der Waals surface area contributed by atoms with Gasteiger partial charge < -0.3 is 19.7 Å². The largest absolute Gasteiger partial charge is 0.454 e. The number of rotatable bonds is 5. The van der Waals surface area contributed by atoms with Crippen LogP contribution in [-0.4, -0.2) is 30.8 Å². The summed E-state index contributed by atoms with van der Waals surface area (Å²) in [6.07, 6.45) is 4.19. The number of nitrogens with zero attached hydrogens (tertiary/aromatic N) is 2. The molecule has 1 aromatic heterocycles. The van der Waals surface area contributed by atoms with E-state index < -0.39 is 5.41 Å². The third-order valence-electron chi connectivity index (χ3n) is 6.47. The number of nitrogens with one attached hydrogen (secondary N) is 1. The van der Waals surface area contributed by atoms with Crippen molar-refractivity contribution in [3.63, 3.8) is 0 Å². The summed E-state index contributed by atoms with van der Waals surface area (Å²) in [4.78, 5) is 20.2. The third-order valence-corrected chi connectivity index (χ3v) is 7.23. The Morgan fingerprint density at radius 3 is 2.58 bits per heavy atom. The summed E-state index contributed by atoms with van der Waals surface area (Å²) in [6, 6.07) is 14.3. The topological polar surface area (TPSA) is 63.7 Å². The Morgan fingerprint density at radius 2 is 1.81 bits per heavy atom. The lowest BCUT2D eigenvalue weighted by atomic mass is 9.94. The Morgan fingerprint density at radius 1 is 1.03 bits per heavy atom. The molecule has 0 spiro atoms. The summed E-state index contributed by atoms with van der Waals surface area (Å²) in [5, 5.41) is 5.68. The van der Waals surface area contributed by atoms with Crippen molar-refractivity contribution in [3.05, 3.63) is 53.4 Å². The van der Waals surface area contributed by atoms with Gasteiger partial charge in [0.25, 0.3) is 0 Å². The Hall–Kier alpha value is -3.06. The van der Waals surface area contributed by atoms with E-state index in [2.05, 4.69) is 39.5 Å². The molecule has 158 valence electrons. The summed E-state index contributed by atoms with van der Waals surface area (Å²) in [6.45, 7) is 2.51. The molecule has 0 radical (unpaired) electrons. The van der Waals surface area contributed by atoms with Crippen molar-refractivity contribution in [2.45, 2.75) is 31.1 Å². The molecule has 0 unspecified atom stereocenters. The maximum atomic E-state index is 13.1. The molecule has 1 aliphatic carbocycles. The van der Waals surface area contributed by atoms with Crippen molar-refractivity contribution in [1.82, 2.24) is 4.98 Å². The lowest BCUT2D eigenvalue weighted by Crippen LogP contribution is -2.27. The predicted molar refractivity (Wildman–Crippen MR) is 121 cm³/mol. The monoisotopic (exact) mass is 433 g/mol. The quantitative estimate of drug-likeness (QED) is 0.626. The fourth-order valence-corrected chi connectivity index (χ4v) is 5.18.